The number of para-hydroxylation sites is 1. The molecule has 0 saturated carbocycles. The number of furan rings is 1. The molecule has 0 unspecified atom stereocenters. The van der Waals surface area contributed by atoms with Crippen LogP contribution in [0.4, 0.5) is 17.1 Å². The summed E-state index contributed by atoms with van der Waals surface area (Å²) in [4.78, 5) is 2.38. The van der Waals surface area contributed by atoms with Crippen LogP contribution in [-0.4, -0.2) is 0 Å². The molecule has 0 amide bonds. The molecule has 0 saturated heterocycles. The van der Waals surface area contributed by atoms with E-state index >= 15 is 0 Å². The fourth-order valence-corrected chi connectivity index (χ4v) is 8.51. The van der Waals surface area contributed by atoms with Crippen molar-refractivity contribution in [2.45, 2.75) is 0 Å². The smallest absolute Gasteiger partial charge is 0.145 e. The number of anilines is 3. The fraction of sp³-hybridized carbons (Fsp3) is 0. The lowest BCUT2D eigenvalue weighted by Crippen LogP contribution is -2.10. The van der Waals surface area contributed by atoms with Crippen LogP contribution in [0.5, 0.6) is 0 Å². The van der Waals surface area contributed by atoms with Gasteiger partial charge in [0.2, 0.25) is 0 Å². The first-order chi connectivity index (χ1) is 26.8. The average Bonchev–Trinajstić information content (AvgIpc) is 3.63. The minimum absolute atomic E-state index is 0.896. The summed E-state index contributed by atoms with van der Waals surface area (Å²) in [5.41, 5.74) is 9.77. The van der Waals surface area contributed by atoms with Gasteiger partial charge in [0.25, 0.3) is 0 Å². The Morgan fingerprint density at radius 2 is 1.00 bits per heavy atom. The highest BCUT2D eigenvalue weighted by molar-refractivity contribution is 6.23. The second kappa shape index (κ2) is 12.2. The van der Waals surface area contributed by atoms with Gasteiger partial charge in [0, 0.05) is 27.5 Å². The van der Waals surface area contributed by atoms with E-state index in [1.54, 1.807) is 0 Å². The molecule has 0 aliphatic heterocycles. The van der Waals surface area contributed by atoms with Crippen molar-refractivity contribution in [1.29, 1.82) is 0 Å². The predicted molar refractivity (Wildman–Crippen MR) is 229 cm³/mol. The van der Waals surface area contributed by atoms with Gasteiger partial charge in [0.1, 0.15) is 11.2 Å². The molecule has 0 spiro atoms. The van der Waals surface area contributed by atoms with Crippen molar-refractivity contribution in [2.24, 2.45) is 0 Å². The summed E-state index contributed by atoms with van der Waals surface area (Å²) < 4.78 is 6.67. The third kappa shape index (κ3) is 4.81. The Morgan fingerprint density at radius 1 is 0.333 bits per heavy atom. The summed E-state index contributed by atoms with van der Waals surface area (Å²) in [6, 6.07) is 72.2. The molecule has 0 atom stereocenters. The normalized spacial score (nSPS) is 11.7. The molecule has 2 heteroatoms. The maximum Gasteiger partial charge on any atom is 0.145 e. The van der Waals surface area contributed by atoms with Crippen molar-refractivity contribution in [1.82, 2.24) is 0 Å². The zero-order valence-electron chi connectivity index (χ0n) is 29.4. The van der Waals surface area contributed by atoms with Crippen LogP contribution < -0.4 is 4.90 Å². The van der Waals surface area contributed by atoms with Crippen LogP contribution in [-0.2, 0) is 0 Å². The number of benzene rings is 10. The van der Waals surface area contributed by atoms with Gasteiger partial charge in [-0.15, -0.1) is 0 Å². The summed E-state index contributed by atoms with van der Waals surface area (Å²) >= 11 is 0. The first-order valence-electron chi connectivity index (χ1n) is 18.5. The van der Waals surface area contributed by atoms with E-state index in [1.807, 2.05) is 6.07 Å². The molecule has 2 nitrogen and oxygen atoms in total. The maximum absolute atomic E-state index is 6.67. The Balaban J connectivity index is 1.13. The van der Waals surface area contributed by atoms with Crippen molar-refractivity contribution in [2.75, 3.05) is 4.90 Å². The lowest BCUT2D eigenvalue weighted by molar-refractivity contribution is 0.672. The van der Waals surface area contributed by atoms with Gasteiger partial charge in [-0.05, 0) is 108 Å². The molecule has 0 radical (unpaired) electrons. The van der Waals surface area contributed by atoms with Crippen LogP contribution in [0, 0.1) is 0 Å². The van der Waals surface area contributed by atoms with Gasteiger partial charge < -0.3 is 9.32 Å². The minimum Gasteiger partial charge on any atom is -0.455 e. The zero-order chi connectivity index (χ0) is 35.6. The molecule has 10 aromatic carbocycles. The topological polar surface area (TPSA) is 16.4 Å². The van der Waals surface area contributed by atoms with Crippen LogP contribution in [0.15, 0.2) is 205 Å². The van der Waals surface area contributed by atoms with Gasteiger partial charge in [0.05, 0.1) is 5.69 Å². The van der Waals surface area contributed by atoms with Gasteiger partial charge in [-0.25, -0.2) is 0 Å². The quantitative estimate of drug-likeness (QED) is 0.168. The van der Waals surface area contributed by atoms with Crippen LogP contribution in [0.3, 0.4) is 0 Å². The predicted octanol–water partition coefficient (Wildman–Crippen LogP) is 15.0. The van der Waals surface area contributed by atoms with Gasteiger partial charge in [-0.1, -0.05) is 152 Å². The third-order valence-corrected chi connectivity index (χ3v) is 11.0. The van der Waals surface area contributed by atoms with Gasteiger partial charge in [0.15, 0.2) is 0 Å². The monoisotopic (exact) mass is 687 g/mol. The van der Waals surface area contributed by atoms with Gasteiger partial charge in [-0.2, -0.15) is 0 Å². The molecular formula is C52H33NO. The highest BCUT2D eigenvalue weighted by Crippen LogP contribution is 2.45. The molecule has 0 N–H and O–H groups in total. The van der Waals surface area contributed by atoms with E-state index in [1.165, 1.54) is 54.6 Å². The molecule has 11 rings (SSSR count). The summed E-state index contributed by atoms with van der Waals surface area (Å²) in [6.07, 6.45) is 0. The largest absolute Gasteiger partial charge is 0.455 e. The van der Waals surface area contributed by atoms with E-state index in [9.17, 15) is 0 Å². The standard InChI is InChI=1S/C52H33NO/c1-2-12-34(13-3-1)38-16-10-17-41(32-38)53(48-22-11-15-37-28-31-46-44-20-8-9-23-49(44)54-52(46)51(37)48)40-29-26-36(27-30-40)47-33-39-25-24-35-14-4-5-18-42(35)50(39)45-21-7-6-19-43(45)47/h1-33H. The van der Waals surface area contributed by atoms with E-state index in [0.29, 0.717) is 0 Å². The maximum atomic E-state index is 6.67. The molecule has 1 heterocycles. The summed E-state index contributed by atoms with van der Waals surface area (Å²) in [6.45, 7) is 0. The zero-order valence-corrected chi connectivity index (χ0v) is 29.4. The number of hydrogen-bond donors (Lipinski definition) is 0. The number of nitrogens with zero attached hydrogens (tertiary/aromatic N) is 1. The Morgan fingerprint density at radius 3 is 1.87 bits per heavy atom. The van der Waals surface area contributed by atoms with Crippen LogP contribution in [0.2, 0.25) is 0 Å². The van der Waals surface area contributed by atoms with Gasteiger partial charge in [-0.3, -0.25) is 0 Å². The Bertz CT molecular complexity index is 3210. The van der Waals surface area contributed by atoms with E-state index in [4.69, 9.17) is 4.42 Å². The highest BCUT2D eigenvalue weighted by Gasteiger charge is 2.21. The number of fused-ring (bicyclic) bond motifs is 10. The lowest BCUT2D eigenvalue weighted by atomic mass is 9.90. The molecule has 252 valence electrons. The number of rotatable bonds is 5. The molecule has 0 aliphatic carbocycles. The van der Waals surface area contributed by atoms with Crippen molar-refractivity contribution in [3.8, 4) is 22.3 Å². The van der Waals surface area contributed by atoms with Crippen LogP contribution in [0.1, 0.15) is 0 Å². The number of hydrogen-bond acceptors (Lipinski definition) is 2. The Kier molecular flexibility index (Phi) is 6.90. The van der Waals surface area contributed by atoms with Crippen molar-refractivity contribution < 1.29 is 4.42 Å². The molecule has 54 heavy (non-hydrogen) atoms. The fourth-order valence-electron chi connectivity index (χ4n) is 8.51. The first-order valence-corrected chi connectivity index (χ1v) is 18.5. The third-order valence-electron chi connectivity index (χ3n) is 11.0. The molecule has 0 bridgehead atoms. The summed E-state index contributed by atoms with van der Waals surface area (Å²) in [5, 5.41) is 12.1. The Labute approximate surface area is 312 Å². The second-order valence-corrected chi connectivity index (χ2v) is 14.1. The SMILES string of the molecule is c1ccc(-c2cccc(N(c3ccc(-c4cc5ccc6ccccc6c5c5ccccc45)cc3)c3cccc4ccc5c6ccccc6oc5c34)c2)cc1. The minimum atomic E-state index is 0.896. The van der Waals surface area contributed by atoms with Gasteiger partial charge >= 0.3 is 0 Å². The Hall–Kier alpha value is -7.16. The molecule has 11 aromatic rings. The second-order valence-electron chi connectivity index (χ2n) is 14.1. The summed E-state index contributed by atoms with van der Waals surface area (Å²) in [7, 11) is 0. The van der Waals surface area contributed by atoms with E-state index in [2.05, 4.69) is 199 Å². The molecule has 1 aromatic heterocycles. The van der Waals surface area contributed by atoms with E-state index in [-0.39, 0.29) is 0 Å². The lowest BCUT2D eigenvalue weighted by Gasteiger charge is -2.27. The van der Waals surface area contributed by atoms with Crippen LogP contribution in [0.25, 0.3) is 87.3 Å². The summed E-state index contributed by atoms with van der Waals surface area (Å²) in [5.74, 6) is 0. The van der Waals surface area contributed by atoms with Crippen molar-refractivity contribution >= 4 is 82.1 Å². The van der Waals surface area contributed by atoms with Crippen molar-refractivity contribution in [3.05, 3.63) is 200 Å². The van der Waals surface area contributed by atoms with Crippen LogP contribution >= 0.6 is 0 Å². The molecule has 0 aliphatic rings. The highest BCUT2D eigenvalue weighted by atomic mass is 16.3. The molecular weight excluding hydrogens is 655 g/mol. The van der Waals surface area contributed by atoms with E-state index in [0.717, 1.165) is 49.8 Å². The van der Waals surface area contributed by atoms with Crippen molar-refractivity contribution in [3.63, 3.8) is 0 Å². The average molecular weight is 688 g/mol. The first kappa shape index (κ1) is 30.5. The molecule has 0 fully saturated rings. The van der Waals surface area contributed by atoms with E-state index < -0.39 is 0 Å².